The van der Waals surface area contributed by atoms with Crippen molar-refractivity contribution in [3.05, 3.63) is 95.1 Å². The molecule has 2 N–H and O–H groups in total. The van der Waals surface area contributed by atoms with E-state index in [9.17, 15) is 19.5 Å². The van der Waals surface area contributed by atoms with Gasteiger partial charge in [0, 0.05) is 0 Å². The number of hydrogen-bond donors (Lipinski definition) is 2. The van der Waals surface area contributed by atoms with Crippen LogP contribution < -0.4 is 15.0 Å². The summed E-state index contributed by atoms with van der Waals surface area (Å²) in [4.78, 5) is 38.2. The van der Waals surface area contributed by atoms with Crippen LogP contribution in [0.3, 0.4) is 0 Å². The van der Waals surface area contributed by atoms with Gasteiger partial charge < -0.3 is 9.84 Å². The van der Waals surface area contributed by atoms with Gasteiger partial charge in [-0.25, -0.2) is 9.69 Å². The predicted molar refractivity (Wildman–Crippen MR) is 119 cm³/mol. The molecular formula is C25H20N2O5. The van der Waals surface area contributed by atoms with Gasteiger partial charge in [-0.15, -0.1) is 0 Å². The second-order valence-corrected chi connectivity index (χ2v) is 7.32. The number of aryl methyl sites for hydroxylation is 1. The van der Waals surface area contributed by atoms with Crippen molar-refractivity contribution < 1.29 is 24.2 Å². The smallest absolute Gasteiger partial charge is 0.335 e. The van der Waals surface area contributed by atoms with Crippen LogP contribution in [-0.4, -0.2) is 23.0 Å². The number of carbonyl (C=O) groups is 3. The molecular weight excluding hydrogens is 408 g/mol. The number of phenolic OH excluding ortho intramolecular Hbond substituents is 1. The molecule has 1 fully saturated rings. The van der Waals surface area contributed by atoms with Crippen molar-refractivity contribution in [3.8, 4) is 11.5 Å². The molecule has 0 radical (unpaired) electrons. The van der Waals surface area contributed by atoms with Crippen molar-refractivity contribution in [2.45, 2.75) is 13.5 Å². The number of hydrogen-bond acceptors (Lipinski definition) is 5. The Morgan fingerprint density at radius 1 is 0.906 bits per heavy atom. The van der Waals surface area contributed by atoms with E-state index in [0.717, 1.165) is 10.5 Å². The highest BCUT2D eigenvalue weighted by atomic mass is 16.5. The monoisotopic (exact) mass is 428 g/mol. The molecule has 1 aliphatic heterocycles. The van der Waals surface area contributed by atoms with Crippen molar-refractivity contribution in [1.29, 1.82) is 0 Å². The first kappa shape index (κ1) is 20.9. The lowest BCUT2D eigenvalue weighted by molar-refractivity contribution is -0.122. The zero-order chi connectivity index (χ0) is 22.7. The fourth-order valence-corrected chi connectivity index (χ4v) is 3.17. The van der Waals surface area contributed by atoms with E-state index in [4.69, 9.17) is 4.74 Å². The van der Waals surface area contributed by atoms with Gasteiger partial charge >= 0.3 is 6.03 Å². The Bertz CT molecular complexity index is 1200. The van der Waals surface area contributed by atoms with E-state index < -0.39 is 17.8 Å². The summed E-state index contributed by atoms with van der Waals surface area (Å²) in [6.07, 6.45) is 1.42. The molecule has 1 aliphatic rings. The number of amides is 4. The highest BCUT2D eigenvalue weighted by molar-refractivity contribution is 6.39. The number of barbiturate groups is 1. The maximum atomic E-state index is 12.9. The van der Waals surface area contributed by atoms with Crippen LogP contribution in [0.1, 0.15) is 16.7 Å². The Morgan fingerprint density at radius 2 is 1.56 bits per heavy atom. The van der Waals surface area contributed by atoms with Crippen LogP contribution in [0.25, 0.3) is 6.08 Å². The molecule has 1 heterocycles. The van der Waals surface area contributed by atoms with Gasteiger partial charge in [0.1, 0.15) is 23.7 Å². The number of anilines is 1. The predicted octanol–water partition coefficient (Wildman–Crippen LogP) is 3.95. The summed E-state index contributed by atoms with van der Waals surface area (Å²) in [6.45, 7) is 2.44. The number of nitrogens with zero attached hydrogens (tertiary/aromatic N) is 1. The lowest BCUT2D eigenvalue weighted by Crippen LogP contribution is -2.54. The molecule has 3 aromatic rings. The van der Waals surface area contributed by atoms with Gasteiger partial charge in [0.2, 0.25) is 0 Å². The van der Waals surface area contributed by atoms with Crippen LogP contribution >= 0.6 is 0 Å². The number of phenols is 1. The third kappa shape index (κ3) is 4.52. The molecule has 0 aliphatic carbocycles. The molecule has 160 valence electrons. The zero-order valence-electron chi connectivity index (χ0n) is 17.2. The third-order valence-electron chi connectivity index (χ3n) is 4.93. The first-order valence-corrected chi connectivity index (χ1v) is 9.89. The highest BCUT2D eigenvalue weighted by Crippen LogP contribution is 2.24. The minimum atomic E-state index is -0.845. The number of benzene rings is 3. The van der Waals surface area contributed by atoms with Crippen molar-refractivity contribution in [3.63, 3.8) is 0 Å². The van der Waals surface area contributed by atoms with Gasteiger partial charge in [-0.1, -0.05) is 42.0 Å². The minimum Gasteiger partial charge on any atom is -0.508 e. The van der Waals surface area contributed by atoms with E-state index in [1.165, 1.54) is 35.9 Å². The number of aromatic hydroxyl groups is 1. The van der Waals surface area contributed by atoms with Gasteiger partial charge in [-0.3, -0.25) is 14.9 Å². The first-order chi connectivity index (χ1) is 15.4. The molecule has 0 bridgehead atoms. The molecule has 7 heteroatoms. The lowest BCUT2D eigenvalue weighted by Gasteiger charge is -2.26. The van der Waals surface area contributed by atoms with Crippen LogP contribution in [0.5, 0.6) is 11.5 Å². The quantitative estimate of drug-likeness (QED) is 0.474. The van der Waals surface area contributed by atoms with Crippen molar-refractivity contribution in [2.24, 2.45) is 0 Å². The van der Waals surface area contributed by atoms with E-state index in [-0.39, 0.29) is 17.0 Å². The van der Waals surface area contributed by atoms with Gasteiger partial charge in [-0.05, 0) is 60.5 Å². The van der Waals surface area contributed by atoms with Crippen LogP contribution in [0.15, 0.2) is 78.4 Å². The molecule has 0 aromatic heterocycles. The van der Waals surface area contributed by atoms with Gasteiger partial charge in [-0.2, -0.15) is 0 Å². The molecule has 32 heavy (non-hydrogen) atoms. The molecule has 4 amide bonds. The summed E-state index contributed by atoms with van der Waals surface area (Å²) < 4.78 is 5.78. The number of ether oxygens (including phenoxy) is 1. The van der Waals surface area contributed by atoms with Crippen LogP contribution in [0.2, 0.25) is 0 Å². The first-order valence-electron chi connectivity index (χ1n) is 9.89. The summed E-state index contributed by atoms with van der Waals surface area (Å²) in [6, 6.07) is 19.7. The Balaban J connectivity index is 1.50. The largest absolute Gasteiger partial charge is 0.508 e. The number of nitrogens with one attached hydrogen (secondary N) is 1. The Hall–Kier alpha value is -4.39. The third-order valence-corrected chi connectivity index (χ3v) is 4.93. The number of carbonyl (C=O) groups excluding carboxylic acids is 3. The molecule has 0 saturated carbocycles. The van der Waals surface area contributed by atoms with Crippen molar-refractivity contribution >= 4 is 29.6 Å². The van der Waals surface area contributed by atoms with Crippen LogP contribution in [0.4, 0.5) is 10.5 Å². The number of rotatable bonds is 5. The normalized spacial score (nSPS) is 15.1. The Labute approximate surface area is 184 Å². The van der Waals surface area contributed by atoms with Crippen LogP contribution in [-0.2, 0) is 16.2 Å². The minimum absolute atomic E-state index is 0.00450. The number of imide groups is 2. The topological polar surface area (TPSA) is 95.9 Å². The summed E-state index contributed by atoms with van der Waals surface area (Å²) in [7, 11) is 0. The highest BCUT2D eigenvalue weighted by Gasteiger charge is 2.36. The van der Waals surface area contributed by atoms with Gasteiger partial charge in [0.25, 0.3) is 11.8 Å². The maximum Gasteiger partial charge on any atom is 0.335 e. The fourth-order valence-electron chi connectivity index (χ4n) is 3.17. The number of urea groups is 1. The molecule has 0 atom stereocenters. The molecule has 0 spiro atoms. The summed E-state index contributed by atoms with van der Waals surface area (Å²) in [5.41, 5.74) is 2.89. The summed E-state index contributed by atoms with van der Waals surface area (Å²) in [5, 5.41) is 11.6. The standard InChI is InChI=1S/C25H20N2O5/c1-16-2-4-18(5-3-16)15-32-21-12-6-17(7-13-21)14-22-23(29)26-25(31)27(24(22)30)19-8-10-20(28)11-9-19/h2-14,28H,15H2,1H3,(H,26,29,31)/b22-14+. The summed E-state index contributed by atoms with van der Waals surface area (Å²) >= 11 is 0. The van der Waals surface area contributed by atoms with Gasteiger partial charge in [0.05, 0.1) is 5.69 Å². The average Bonchev–Trinajstić information content (AvgIpc) is 2.78. The molecule has 3 aromatic carbocycles. The fraction of sp³-hybridized carbons (Fsp3) is 0.0800. The Morgan fingerprint density at radius 3 is 2.22 bits per heavy atom. The average molecular weight is 428 g/mol. The van der Waals surface area contributed by atoms with Crippen LogP contribution in [0, 0.1) is 6.92 Å². The lowest BCUT2D eigenvalue weighted by atomic mass is 10.1. The molecule has 4 rings (SSSR count). The van der Waals surface area contributed by atoms with Crippen molar-refractivity contribution in [2.75, 3.05) is 4.90 Å². The maximum absolute atomic E-state index is 12.9. The Kier molecular flexibility index (Phi) is 5.72. The molecule has 0 unspecified atom stereocenters. The molecule has 1 saturated heterocycles. The second-order valence-electron chi connectivity index (χ2n) is 7.32. The molecule has 7 nitrogen and oxygen atoms in total. The van der Waals surface area contributed by atoms with E-state index in [0.29, 0.717) is 17.9 Å². The van der Waals surface area contributed by atoms with Crippen molar-refractivity contribution in [1.82, 2.24) is 5.32 Å². The second kappa shape index (κ2) is 8.77. The SMILES string of the molecule is Cc1ccc(COc2ccc(/C=C3\C(=O)NC(=O)N(c4ccc(O)cc4)C3=O)cc2)cc1. The summed E-state index contributed by atoms with van der Waals surface area (Å²) in [5.74, 6) is -0.873. The van der Waals surface area contributed by atoms with Gasteiger partial charge in [0.15, 0.2) is 0 Å². The zero-order valence-corrected chi connectivity index (χ0v) is 17.2. The van der Waals surface area contributed by atoms with E-state index in [2.05, 4.69) is 5.32 Å². The van der Waals surface area contributed by atoms with E-state index in [1.807, 2.05) is 31.2 Å². The van der Waals surface area contributed by atoms with E-state index >= 15 is 0 Å². The van der Waals surface area contributed by atoms with E-state index in [1.54, 1.807) is 24.3 Å².